The second-order valence-electron chi connectivity index (χ2n) is 7.25. The van der Waals surface area contributed by atoms with E-state index in [1.807, 2.05) is 48.5 Å². The first-order valence-electron chi connectivity index (χ1n) is 10.1. The fraction of sp³-hybridized carbons (Fsp3) is 0.160. The number of carbonyl (C=O) groups is 1. The number of nitrogens with one attached hydrogen (secondary N) is 1. The maximum absolute atomic E-state index is 13.3. The molecule has 7 heteroatoms. The molecule has 1 aliphatic rings. The van der Waals surface area contributed by atoms with Gasteiger partial charge in [0.2, 0.25) is 5.91 Å². The van der Waals surface area contributed by atoms with Gasteiger partial charge in [0.05, 0.1) is 35.0 Å². The van der Waals surface area contributed by atoms with Crippen LogP contribution in [0.15, 0.2) is 76.7 Å². The van der Waals surface area contributed by atoms with Crippen molar-refractivity contribution in [3.63, 3.8) is 0 Å². The van der Waals surface area contributed by atoms with Gasteiger partial charge in [-0.3, -0.25) is 9.79 Å². The number of rotatable bonds is 5. The number of halogens is 1. The molecule has 0 radical (unpaired) electrons. The zero-order chi connectivity index (χ0) is 22.5. The first-order chi connectivity index (χ1) is 15.5. The van der Waals surface area contributed by atoms with Crippen molar-refractivity contribution >= 4 is 45.5 Å². The molecular formula is C25H22FN3O2S. The van der Waals surface area contributed by atoms with Crippen LogP contribution in [0.25, 0.3) is 0 Å². The van der Waals surface area contributed by atoms with E-state index in [1.165, 1.54) is 23.9 Å². The number of anilines is 1. The molecule has 1 amide bonds. The van der Waals surface area contributed by atoms with E-state index >= 15 is 0 Å². The topological polar surface area (TPSA) is 63.1 Å². The molecule has 0 saturated carbocycles. The molecule has 0 spiro atoms. The minimum atomic E-state index is -0.327. The van der Waals surface area contributed by atoms with E-state index in [-0.39, 0.29) is 17.5 Å². The summed E-state index contributed by atoms with van der Waals surface area (Å²) >= 11 is 1.38. The number of aryl methyl sites for hydroxylation is 1. The minimum absolute atomic E-state index is 0.173. The van der Waals surface area contributed by atoms with Crippen LogP contribution in [-0.2, 0) is 4.79 Å². The third-order valence-corrected chi connectivity index (χ3v) is 5.93. The zero-order valence-electron chi connectivity index (χ0n) is 17.8. The molecule has 32 heavy (non-hydrogen) atoms. The van der Waals surface area contributed by atoms with Gasteiger partial charge < -0.3 is 10.1 Å². The van der Waals surface area contributed by atoms with Gasteiger partial charge >= 0.3 is 0 Å². The standard InChI is InChI=1S/C25H22FN3O2S/c1-16-13-18(26)9-12-20(16)28-24(30)15-32-25-14-23(17-7-10-19(31-2)11-8-17)27-21-5-3-4-6-22(21)29-25/h3-13H,14-15H2,1-2H3,(H,28,30). The molecule has 0 atom stereocenters. The van der Waals surface area contributed by atoms with Gasteiger partial charge in [0, 0.05) is 12.1 Å². The highest BCUT2D eigenvalue weighted by molar-refractivity contribution is 8.14. The molecule has 3 aromatic rings. The number of ether oxygens (including phenoxy) is 1. The number of amides is 1. The van der Waals surface area contributed by atoms with Crippen molar-refractivity contribution < 1.29 is 13.9 Å². The Morgan fingerprint density at radius 2 is 1.78 bits per heavy atom. The van der Waals surface area contributed by atoms with E-state index in [0.29, 0.717) is 17.7 Å². The lowest BCUT2D eigenvalue weighted by Crippen LogP contribution is -2.17. The van der Waals surface area contributed by atoms with Crippen molar-refractivity contribution in [3.05, 3.63) is 83.7 Å². The number of carbonyl (C=O) groups excluding carboxylic acids is 1. The summed E-state index contributed by atoms with van der Waals surface area (Å²) in [5, 5.41) is 3.64. The lowest BCUT2D eigenvalue weighted by atomic mass is 10.1. The molecule has 3 aromatic carbocycles. The van der Waals surface area contributed by atoms with Crippen molar-refractivity contribution in [3.8, 4) is 5.75 Å². The summed E-state index contributed by atoms with van der Waals surface area (Å²) < 4.78 is 18.6. The third kappa shape index (κ3) is 5.23. The molecule has 0 bridgehead atoms. The number of para-hydroxylation sites is 2. The normalized spacial score (nSPS) is 12.8. The summed E-state index contributed by atoms with van der Waals surface area (Å²) in [4.78, 5) is 22.1. The quantitative estimate of drug-likeness (QED) is 0.516. The monoisotopic (exact) mass is 447 g/mol. The Bertz CT molecular complexity index is 1210. The summed E-state index contributed by atoms with van der Waals surface area (Å²) in [5.41, 5.74) is 4.69. The number of thioether (sulfide) groups is 1. The van der Waals surface area contributed by atoms with Crippen molar-refractivity contribution in [2.24, 2.45) is 9.98 Å². The Morgan fingerprint density at radius 3 is 2.47 bits per heavy atom. The maximum atomic E-state index is 13.3. The lowest BCUT2D eigenvalue weighted by molar-refractivity contribution is -0.113. The minimum Gasteiger partial charge on any atom is -0.497 e. The maximum Gasteiger partial charge on any atom is 0.234 e. The highest BCUT2D eigenvalue weighted by Gasteiger charge is 2.17. The molecule has 0 aliphatic carbocycles. The summed E-state index contributed by atoms with van der Waals surface area (Å²) in [6.07, 6.45) is 0.508. The fourth-order valence-corrected chi connectivity index (χ4v) is 4.06. The smallest absolute Gasteiger partial charge is 0.234 e. The largest absolute Gasteiger partial charge is 0.497 e. The van der Waals surface area contributed by atoms with Crippen LogP contribution in [0.2, 0.25) is 0 Å². The third-order valence-electron chi connectivity index (χ3n) is 4.96. The zero-order valence-corrected chi connectivity index (χ0v) is 18.6. The van der Waals surface area contributed by atoms with Gasteiger partial charge in [-0.15, -0.1) is 11.8 Å². The van der Waals surface area contributed by atoms with Crippen LogP contribution in [-0.4, -0.2) is 29.5 Å². The molecule has 0 saturated heterocycles. The molecule has 0 unspecified atom stereocenters. The van der Waals surface area contributed by atoms with E-state index in [1.54, 1.807) is 20.1 Å². The molecule has 0 aromatic heterocycles. The highest BCUT2D eigenvalue weighted by atomic mass is 32.2. The van der Waals surface area contributed by atoms with Gasteiger partial charge in [0.15, 0.2) is 0 Å². The second kappa shape index (κ2) is 9.78. The number of methoxy groups -OCH3 is 1. The molecule has 1 heterocycles. The van der Waals surface area contributed by atoms with E-state index < -0.39 is 0 Å². The average Bonchev–Trinajstić information content (AvgIpc) is 2.99. The highest BCUT2D eigenvalue weighted by Crippen LogP contribution is 2.33. The Morgan fingerprint density at radius 1 is 1.06 bits per heavy atom. The van der Waals surface area contributed by atoms with E-state index in [9.17, 15) is 9.18 Å². The van der Waals surface area contributed by atoms with Crippen molar-refractivity contribution in [1.82, 2.24) is 0 Å². The number of hydrogen-bond acceptors (Lipinski definition) is 5. The van der Waals surface area contributed by atoms with Crippen molar-refractivity contribution in [2.75, 3.05) is 18.2 Å². The predicted octanol–water partition coefficient (Wildman–Crippen LogP) is 6.07. The van der Waals surface area contributed by atoms with Gasteiger partial charge in [0.1, 0.15) is 11.6 Å². The Labute approximate surface area is 190 Å². The van der Waals surface area contributed by atoms with Crippen LogP contribution < -0.4 is 10.1 Å². The number of nitrogens with zero attached hydrogens (tertiary/aromatic N) is 2. The molecule has 0 fully saturated rings. The van der Waals surface area contributed by atoms with E-state index in [0.717, 1.165) is 33.4 Å². The van der Waals surface area contributed by atoms with E-state index in [4.69, 9.17) is 14.7 Å². The van der Waals surface area contributed by atoms with Gasteiger partial charge in [-0.05, 0) is 72.6 Å². The Kier molecular flexibility index (Phi) is 6.66. The second-order valence-corrected chi connectivity index (χ2v) is 8.30. The number of aliphatic imine (C=N–C) groups is 2. The fourth-order valence-electron chi connectivity index (χ4n) is 3.29. The first-order valence-corrected chi connectivity index (χ1v) is 11.1. The molecule has 162 valence electrons. The van der Waals surface area contributed by atoms with Crippen LogP contribution in [0, 0.1) is 12.7 Å². The first kappa shape index (κ1) is 21.8. The van der Waals surface area contributed by atoms with Crippen molar-refractivity contribution in [2.45, 2.75) is 13.3 Å². The summed E-state index contributed by atoms with van der Waals surface area (Å²) in [7, 11) is 1.63. The summed E-state index contributed by atoms with van der Waals surface area (Å²) in [5.74, 6) is 0.465. The van der Waals surface area contributed by atoms with Crippen LogP contribution >= 0.6 is 11.8 Å². The number of benzene rings is 3. The number of fused-ring (bicyclic) bond motifs is 1. The predicted molar refractivity (Wildman–Crippen MR) is 130 cm³/mol. The molecular weight excluding hydrogens is 425 g/mol. The van der Waals surface area contributed by atoms with Crippen LogP contribution in [0.4, 0.5) is 21.5 Å². The van der Waals surface area contributed by atoms with Gasteiger partial charge in [0.25, 0.3) is 0 Å². The Hall–Kier alpha value is -3.45. The van der Waals surface area contributed by atoms with Crippen LogP contribution in [0.1, 0.15) is 17.5 Å². The molecule has 1 N–H and O–H groups in total. The lowest BCUT2D eigenvalue weighted by Gasteiger charge is -2.10. The van der Waals surface area contributed by atoms with Crippen molar-refractivity contribution in [1.29, 1.82) is 0 Å². The summed E-state index contributed by atoms with van der Waals surface area (Å²) in [6.45, 7) is 1.76. The van der Waals surface area contributed by atoms with Gasteiger partial charge in [-0.1, -0.05) is 12.1 Å². The molecule has 5 nitrogen and oxygen atoms in total. The van der Waals surface area contributed by atoms with Crippen LogP contribution in [0.3, 0.4) is 0 Å². The summed E-state index contributed by atoms with van der Waals surface area (Å²) in [6, 6.07) is 19.7. The van der Waals surface area contributed by atoms with Crippen LogP contribution in [0.5, 0.6) is 5.75 Å². The molecule has 1 aliphatic heterocycles. The SMILES string of the molecule is COc1ccc(C2=Nc3ccccc3N=C(SCC(=O)Nc3ccc(F)cc3C)C2)cc1. The van der Waals surface area contributed by atoms with Gasteiger partial charge in [-0.2, -0.15) is 0 Å². The van der Waals surface area contributed by atoms with E-state index in [2.05, 4.69) is 5.32 Å². The van der Waals surface area contributed by atoms with Gasteiger partial charge in [-0.25, -0.2) is 9.38 Å². The molecule has 4 rings (SSSR count). The average molecular weight is 448 g/mol. The number of hydrogen-bond donors (Lipinski definition) is 1. The Balaban J connectivity index is 1.52.